The maximum absolute atomic E-state index is 12.8. The van der Waals surface area contributed by atoms with Crippen molar-refractivity contribution in [2.24, 2.45) is 17.3 Å². The molecule has 2 heterocycles. The molecule has 0 radical (unpaired) electrons. The monoisotopic (exact) mass is 376 g/mol. The number of carbonyl (C=O) groups excluding carboxylic acids is 2. The van der Waals surface area contributed by atoms with Gasteiger partial charge in [0.2, 0.25) is 0 Å². The lowest BCUT2D eigenvalue weighted by molar-refractivity contribution is -0.155. The number of esters is 1. The fourth-order valence-electron chi connectivity index (χ4n) is 5.74. The van der Waals surface area contributed by atoms with Gasteiger partial charge < -0.3 is 14.2 Å². The Kier molecular flexibility index (Phi) is 4.18. The van der Waals surface area contributed by atoms with Gasteiger partial charge in [-0.25, -0.2) is 0 Å². The molecule has 4 aliphatic rings. The van der Waals surface area contributed by atoms with Gasteiger partial charge in [-0.15, -0.1) is 0 Å². The molecule has 4 rings (SSSR count). The van der Waals surface area contributed by atoms with Gasteiger partial charge in [-0.2, -0.15) is 0 Å². The van der Waals surface area contributed by atoms with Gasteiger partial charge in [0, 0.05) is 25.7 Å². The van der Waals surface area contributed by atoms with Crippen LogP contribution in [0.25, 0.3) is 0 Å². The highest BCUT2D eigenvalue weighted by molar-refractivity contribution is 5.96. The summed E-state index contributed by atoms with van der Waals surface area (Å²) in [7, 11) is 0. The molecule has 0 spiro atoms. The minimum atomic E-state index is -0.391. The van der Waals surface area contributed by atoms with Crippen LogP contribution in [0.5, 0.6) is 0 Å². The van der Waals surface area contributed by atoms with Gasteiger partial charge in [0.1, 0.15) is 6.10 Å². The van der Waals surface area contributed by atoms with Crippen molar-refractivity contribution in [1.29, 1.82) is 0 Å². The Hall–Kier alpha value is -1.20. The first-order valence-electron chi connectivity index (χ1n) is 10.2. The van der Waals surface area contributed by atoms with E-state index in [2.05, 4.69) is 34.3 Å². The highest BCUT2D eigenvalue weighted by Crippen LogP contribution is 2.57. The molecule has 5 heteroatoms. The van der Waals surface area contributed by atoms with E-state index in [0.717, 1.165) is 19.3 Å². The van der Waals surface area contributed by atoms with E-state index in [0.29, 0.717) is 18.4 Å². The SMILES string of the molecule is C=C1C(=O)C[C@H]2C[C@H]3O[C@@]3(C)CC[C@H]3O[C@]3(C)C[C@@H](OC(C)=O)[C@H]1C2(C)C. The van der Waals surface area contributed by atoms with Crippen LogP contribution in [0, 0.1) is 17.3 Å². The van der Waals surface area contributed by atoms with Crippen molar-refractivity contribution in [3.05, 3.63) is 12.2 Å². The van der Waals surface area contributed by atoms with E-state index < -0.39 is 6.10 Å². The lowest BCUT2D eigenvalue weighted by atomic mass is 9.56. The summed E-state index contributed by atoms with van der Waals surface area (Å²) in [6.07, 6.45) is 3.85. The summed E-state index contributed by atoms with van der Waals surface area (Å²) in [5.74, 6) is -0.226. The molecular weight excluding hydrogens is 344 g/mol. The predicted octanol–water partition coefficient (Wildman–Crippen LogP) is 3.59. The van der Waals surface area contributed by atoms with E-state index in [1.807, 2.05) is 0 Å². The highest BCUT2D eigenvalue weighted by Gasteiger charge is 2.62. The first-order chi connectivity index (χ1) is 12.5. The molecule has 2 aliphatic carbocycles. The molecule has 0 aromatic heterocycles. The predicted molar refractivity (Wildman–Crippen MR) is 100 cm³/mol. The molecule has 2 saturated carbocycles. The van der Waals surface area contributed by atoms with E-state index in [1.54, 1.807) is 0 Å². The Bertz CT molecular complexity index is 697. The van der Waals surface area contributed by atoms with Crippen molar-refractivity contribution in [1.82, 2.24) is 0 Å². The summed E-state index contributed by atoms with van der Waals surface area (Å²) >= 11 is 0. The first-order valence-corrected chi connectivity index (χ1v) is 10.2. The molecule has 2 saturated heterocycles. The van der Waals surface area contributed by atoms with Crippen molar-refractivity contribution < 1.29 is 23.8 Å². The molecule has 0 amide bonds. The largest absolute Gasteiger partial charge is 0.462 e. The molecule has 27 heavy (non-hydrogen) atoms. The smallest absolute Gasteiger partial charge is 0.302 e. The number of carbonyl (C=O) groups is 2. The molecule has 150 valence electrons. The zero-order valence-corrected chi connectivity index (χ0v) is 17.2. The van der Waals surface area contributed by atoms with Crippen molar-refractivity contribution in [3.63, 3.8) is 0 Å². The number of hydrogen-bond donors (Lipinski definition) is 0. The normalized spacial score (nSPS) is 48.4. The molecular formula is C22H32O5. The molecule has 0 aromatic rings. The van der Waals surface area contributed by atoms with Gasteiger partial charge in [-0.05, 0) is 50.0 Å². The van der Waals surface area contributed by atoms with Gasteiger partial charge in [0.05, 0.1) is 23.4 Å². The van der Waals surface area contributed by atoms with Gasteiger partial charge in [-0.3, -0.25) is 9.59 Å². The number of Topliss-reactive ketones (excluding diaryl/α,β-unsaturated/α-hetero) is 1. The van der Waals surface area contributed by atoms with Crippen molar-refractivity contribution >= 4 is 11.8 Å². The van der Waals surface area contributed by atoms with Crippen molar-refractivity contribution in [2.75, 3.05) is 0 Å². The second kappa shape index (κ2) is 5.90. The summed E-state index contributed by atoms with van der Waals surface area (Å²) < 4.78 is 17.9. The van der Waals surface area contributed by atoms with Crippen LogP contribution in [-0.4, -0.2) is 41.3 Å². The van der Waals surface area contributed by atoms with E-state index >= 15 is 0 Å². The zero-order valence-electron chi connectivity index (χ0n) is 17.2. The van der Waals surface area contributed by atoms with Crippen LogP contribution in [0.1, 0.15) is 66.7 Å². The lowest BCUT2D eigenvalue weighted by Gasteiger charge is -2.48. The Labute approximate surface area is 161 Å². The zero-order chi connectivity index (χ0) is 19.8. The molecule has 0 aromatic carbocycles. The Balaban J connectivity index is 1.72. The van der Waals surface area contributed by atoms with E-state index in [1.165, 1.54) is 6.92 Å². The van der Waals surface area contributed by atoms with Crippen LogP contribution in [0.3, 0.4) is 0 Å². The number of hydrogen-bond acceptors (Lipinski definition) is 5. The number of ether oxygens (including phenoxy) is 3. The van der Waals surface area contributed by atoms with Crippen LogP contribution in [0.4, 0.5) is 0 Å². The van der Waals surface area contributed by atoms with E-state index in [4.69, 9.17) is 14.2 Å². The highest BCUT2D eigenvalue weighted by atomic mass is 16.6. The molecule has 2 aliphatic heterocycles. The maximum atomic E-state index is 12.8. The topological polar surface area (TPSA) is 68.4 Å². The third kappa shape index (κ3) is 3.17. The van der Waals surface area contributed by atoms with Crippen molar-refractivity contribution in [3.8, 4) is 0 Å². The third-order valence-corrected chi connectivity index (χ3v) is 7.79. The van der Waals surface area contributed by atoms with E-state index in [9.17, 15) is 9.59 Å². The Morgan fingerprint density at radius 1 is 1.15 bits per heavy atom. The van der Waals surface area contributed by atoms with Gasteiger partial charge in [0.25, 0.3) is 0 Å². The molecule has 4 fully saturated rings. The summed E-state index contributed by atoms with van der Waals surface area (Å²) in [6.45, 7) is 14.2. The molecule has 0 N–H and O–H groups in total. The minimum absolute atomic E-state index is 0.0928. The van der Waals surface area contributed by atoms with Gasteiger partial charge >= 0.3 is 5.97 Å². The minimum Gasteiger partial charge on any atom is -0.462 e. The number of epoxide rings is 2. The standard InChI is InChI=1S/C22H32O5/c1-12-15(24)9-14-10-18-21(5,27-18)8-7-17-22(6,26-17)11-16(25-13(2)23)19(12)20(14,3)4/h14,16-19H,1,7-11H2,2-6H3/t14-,16+,17+,18+,19-,21-,22+/m0/s1. The van der Waals surface area contributed by atoms with Crippen LogP contribution in [0.2, 0.25) is 0 Å². The van der Waals surface area contributed by atoms with Gasteiger partial charge in [0.15, 0.2) is 5.78 Å². The number of ketones is 1. The summed E-state index contributed by atoms with van der Waals surface area (Å²) in [5, 5.41) is 0. The van der Waals surface area contributed by atoms with Crippen LogP contribution in [0.15, 0.2) is 12.2 Å². The van der Waals surface area contributed by atoms with Gasteiger partial charge in [-0.1, -0.05) is 20.4 Å². The van der Waals surface area contributed by atoms with E-state index in [-0.39, 0.29) is 52.4 Å². The molecule has 7 atom stereocenters. The second-order valence-corrected chi connectivity index (χ2v) is 10.1. The molecule has 5 nitrogen and oxygen atoms in total. The molecule has 2 bridgehead atoms. The Morgan fingerprint density at radius 2 is 1.81 bits per heavy atom. The van der Waals surface area contributed by atoms with Crippen LogP contribution < -0.4 is 0 Å². The summed E-state index contributed by atoms with van der Waals surface area (Å²) in [6, 6.07) is 0. The lowest BCUT2D eigenvalue weighted by Crippen LogP contribution is -2.49. The fraction of sp³-hybridized carbons (Fsp3) is 0.818. The van der Waals surface area contributed by atoms with Crippen LogP contribution in [-0.2, 0) is 23.8 Å². The Morgan fingerprint density at radius 3 is 2.48 bits per heavy atom. The first kappa shape index (κ1) is 19.1. The average Bonchev–Trinajstić information content (AvgIpc) is 3.38. The number of fused-ring (bicyclic) bond motifs is 4. The summed E-state index contributed by atoms with van der Waals surface area (Å²) in [4.78, 5) is 24.7. The summed E-state index contributed by atoms with van der Waals surface area (Å²) in [5.41, 5.74) is -0.0192. The quantitative estimate of drug-likeness (QED) is 0.397. The fourth-order valence-corrected chi connectivity index (χ4v) is 5.74. The average molecular weight is 376 g/mol. The maximum Gasteiger partial charge on any atom is 0.302 e. The van der Waals surface area contributed by atoms with Crippen molar-refractivity contribution in [2.45, 2.75) is 96.2 Å². The van der Waals surface area contributed by atoms with Crippen LogP contribution >= 0.6 is 0 Å². The number of rotatable bonds is 1. The third-order valence-electron chi connectivity index (χ3n) is 7.79. The molecule has 0 unspecified atom stereocenters. The second-order valence-electron chi connectivity index (χ2n) is 10.1.